The lowest BCUT2D eigenvalue weighted by atomic mass is 9.99. The summed E-state index contributed by atoms with van der Waals surface area (Å²) in [4.78, 5) is 4.39. The molecule has 0 radical (unpaired) electrons. The summed E-state index contributed by atoms with van der Waals surface area (Å²) in [5.74, 6) is -2.24. The van der Waals surface area contributed by atoms with Crippen LogP contribution in [0.4, 0.5) is 14.6 Å². The lowest BCUT2D eigenvalue weighted by Crippen LogP contribution is -2.34. The average molecular weight is 534 g/mol. The third-order valence-electron chi connectivity index (χ3n) is 5.02. The van der Waals surface area contributed by atoms with Crippen molar-refractivity contribution in [2.24, 2.45) is 5.92 Å². The van der Waals surface area contributed by atoms with Gasteiger partial charge < -0.3 is 21.1 Å². The van der Waals surface area contributed by atoms with Gasteiger partial charge in [0.15, 0.2) is 0 Å². The Morgan fingerprint density at radius 1 is 1.22 bits per heavy atom. The number of nitrogens with two attached hydrogens (primary N) is 1. The van der Waals surface area contributed by atoms with Crippen molar-refractivity contribution in [3.63, 3.8) is 0 Å². The molecule has 1 aromatic heterocycles. The topological polar surface area (TPSA) is 72.2 Å². The summed E-state index contributed by atoms with van der Waals surface area (Å²) in [6.07, 6.45) is 0.783. The van der Waals surface area contributed by atoms with E-state index in [1.165, 1.54) is 12.1 Å². The summed E-state index contributed by atoms with van der Waals surface area (Å²) in [5.41, 5.74) is 7.70. The van der Waals surface area contributed by atoms with Crippen LogP contribution in [-0.4, -0.2) is 43.9 Å². The molecule has 0 unspecified atom stereocenters. The Kier molecular flexibility index (Phi) is 13.9. The number of alkyl halides is 2. The maximum Gasteiger partial charge on any atom is 0.286 e. The molecule has 5 nitrogen and oxygen atoms in total. The van der Waals surface area contributed by atoms with Gasteiger partial charge in [0.05, 0.1) is 19.3 Å². The number of hydrogen-bond acceptors (Lipinski definition) is 5. The molecule has 2 aromatic rings. The third kappa shape index (κ3) is 8.78. The third-order valence-corrected chi connectivity index (χ3v) is 5.35. The van der Waals surface area contributed by atoms with Crippen LogP contribution in [0.5, 0.6) is 0 Å². The van der Waals surface area contributed by atoms with Crippen LogP contribution in [0, 0.1) is 12.8 Å². The van der Waals surface area contributed by atoms with Gasteiger partial charge >= 0.3 is 0 Å². The number of pyridine rings is 1. The number of rotatable bonds is 9. The molecule has 182 valence electrons. The van der Waals surface area contributed by atoms with Gasteiger partial charge in [0.1, 0.15) is 5.82 Å². The number of nitrogens with one attached hydrogen (secondary N) is 2. The molecule has 0 aliphatic carbocycles. The predicted octanol–water partition coefficient (Wildman–Crippen LogP) is 4.42. The minimum Gasteiger partial charge on any atom is -0.384 e. The number of aromatic nitrogens is 1. The first-order valence-electron chi connectivity index (χ1n) is 9.74. The Balaban J connectivity index is 0.00000320. The molecular weight excluding hydrogens is 504 g/mol. The highest BCUT2D eigenvalue weighted by molar-refractivity contribution is 6.31. The number of ether oxygens (including phenoxy) is 1. The fourth-order valence-corrected chi connectivity index (χ4v) is 3.90. The summed E-state index contributed by atoms with van der Waals surface area (Å²) in [6.45, 7) is 3.76. The second-order valence-electron chi connectivity index (χ2n) is 7.45. The molecule has 1 aliphatic heterocycles. The summed E-state index contributed by atoms with van der Waals surface area (Å²) < 4.78 is 34.5. The van der Waals surface area contributed by atoms with Crippen molar-refractivity contribution in [2.75, 3.05) is 38.5 Å². The van der Waals surface area contributed by atoms with Crippen LogP contribution in [0.1, 0.15) is 16.8 Å². The minimum atomic E-state index is -3.04. The van der Waals surface area contributed by atoms with E-state index in [0.29, 0.717) is 19.0 Å². The Bertz CT molecular complexity index is 812. The molecule has 0 bridgehead atoms. The van der Waals surface area contributed by atoms with Gasteiger partial charge in [-0.25, -0.2) is 4.98 Å². The number of benzene rings is 1. The van der Waals surface area contributed by atoms with Crippen molar-refractivity contribution >= 4 is 54.6 Å². The number of hydrogen-bond donors (Lipinski definition) is 3. The van der Waals surface area contributed by atoms with E-state index in [0.717, 1.165) is 30.8 Å². The smallest absolute Gasteiger partial charge is 0.286 e. The Labute approximate surface area is 211 Å². The molecule has 0 spiro atoms. The Morgan fingerprint density at radius 2 is 1.94 bits per heavy atom. The highest BCUT2D eigenvalue weighted by Crippen LogP contribution is 2.32. The zero-order chi connectivity index (χ0) is 20.9. The molecule has 2 atom stereocenters. The molecule has 1 aliphatic rings. The summed E-state index contributed by atoms with van der Waals surface area (Å²) in [6, 6.07) is 9.88. The molecule has 0 saturated carbocycles. The highest BCUT2D eigenvalue weighted by Gasteiger charge is 2.33. The molecular formula is C21H30Cl4F2N4O. The standard InChI is InChI=1S/C21H27ClF2N4O.3ClH/c1-14-8-16(28-20(25)9-14)10-15-11-27-12-19(15)29-7-6-26-13-21(23,24)17-4-2-3-5-18(17)22;;;/h2-5,8-9,15,19,26-27H,6-7,10-13H2,1H3,(H2,25,28);3*1H/t15-,19+;;;/m1.../s1. The number of nitrogen functional groups attached to an aromatic ring is 1. The summed E-state index contributed by atoms with van der Waals surface area (Å²) in [7, 11) is 0. The first-order valence-corrected chi connectivity index (χ1v) is 10.1. The van der Waals surface area contributed by atoms with Gasteiger partial charge in [0.2, 0.25) is 0 Å². The van der Waals surface area contributed by atoms with Gasteiger partial charge in [-0.2, -0.15) is 8.78 Å². The van der Waals surface area contributed by atoms with Crippen molar-refractivity contribution in [1.29, 1.82) is 0 Å². The maximum atomic E-state index is 14.3. The molecule has 4 N–H and O–H groups in total. The zero-order valence-corrected chi connectivity index (χ0v) is 20.9. The van der Waals surface area contributed by atoms with Crippen LogP contribution < -0.4 is 16.4 Å². The van der Waals surface area contributed by atoms with Crippen molar-refractivity contribution < 1.29 is 13.5 Å². The predicted molar refractivity (Wildman–Crippen MR) is 133 cm³/mol. The van der Waals surface area contributed by atoms with E-state index < -0.39 is 12.5 Å². The fraction of sp³-hybridized carbons (Fsp3) is 0.476. The maximum absolute atomic E-state index is 14.3. The Morgan fingerprint density at radius 3 is 2.62 bits per heavy atom. The normalized spacial score (nSPS) is 17.8. The fourth-order valence-electron chi connectivity index (χ4n) is 3.63. The van der Waals surface area contributed by atoms with E-state index in [1.54, 1.807) is 12.1 Å². The van der Waals surface area contributed by atoms with Crippen LogP contribution in [0.2, 0.25) is 5.02 Å². The lowest BCUT2D eigenvalue weighted by Gasteiger charge is -2.21. The second-order valence-corrected chi connectivity index (χ2v) is 7.86. The molecule has 11 heteroatoms. The van der Waals surface area contributed by atoms with Crippen molar-refractivity contribution in [3.8, 4) is 0 Å². The number of aryl methyl sites for hydroxylation is 1. The SMILES string of the molecule is Cc1cc(N)nc(C[C@@H]2CNC[C@@H]2OCCNCC(F)(F)c2ccccc2Cl)c1.Cl.Cl.Cl. The lowest BCUT2D eigenvalue weighted by molar-refractivity contribution is -0.00789. The molecule has 32 heavy (non-hydrogen) atoms. The van der Waals surface area contributed by atoms with E-state index in [-0.39, 0.29) is 59.8 Å². The quantitative estimate of drug-likeness (QED) is 0.416. The first-order chi connectivity index (χ1) is 13.8. The Hall–Kier alpha value is -0.930. The van der Waals surface area contributed by atoms with Crippen molar-refractivity contribution in [2.45, 2.75) is 25.4 Å². The van der Waals surface area contributed by atoms with Crippen LogP contribution in [-0.2, 0) is 17.1 Å². The van der Waals surface area contributed by atoms with Gasteiger partial charge in [-0.3, -0.25) is 0 Å². The molecule has 3 rings (SSSR count). The van der Waals surface area contributed by atoms with Gasteiger partial charge in [0, 0.05) is 41.8 Å². The van der Waals surface area contributed by atoms with Crippen molar-refractivity contribution in [1.82, 2.24) is 15.6 Å². The first kappa shape index (κ1) is 31.1. The molecule has 0 amide bonds. The van der Waals surface area contributed by atoms with Crippen LogP contribution in [0.25, 0.3) is 0 Å². The summed E-state index contributed by atoms with van der Waals surface area (Å²) >= 11 is 5.88. The van der Waals surface area contributed by atoms with Crippen LogP contribution in [0.3, 0.4) is 0 Å². The van der Waals surface area contributed by atoms with Crippen LogP contribution in [0.15, 0.2) is 36.4 Å². The van der Waals surface area contributed by atoms with E-state index in [4.69, 9.17) is 22.1 Å². The van der Waals surface area contributed by atoms with Gasteiger partial charge in [0.25, 0.3) is 5.92 Å². The minimum absolute atomic E-state index is 0. The van der Waals surface area contributed by atoms with Crippen LogP contribution >= 0.6 is 48.8 Å². The van der Waals surface area contributed by atoms with Crippen molar-refractivity contribution in [3.05, 3.63) is 58.2 Å². The molecule has 1 saturated heterocycles. The second kappa shape index (κ2) is 14.4. The number of halogens is 6. The molecule has 1 fully saturated rings. The zero-order valence-electron chi connectivity index (χ0n) is 17.7. The van der Waals surface area contributed by atoms with E-state index in [1.807, 2.05) is 19.1 Å². The molecule has 2 heterocycles. The van der Waals surface area contributed by atoms with Gasteiger partial charge in [-0.05, 0) is 37.1 Å². The summed E-state index contributed by atoms with van der Waals surface area (Å²) in [5, 5.41) is 6.17. The average Bonchev–Trinajstić information content (AvgIpc) is 3.07. The highest BCUT2D eigenvalue weighted by atomic mass is 35.5. The van der Waals surface area contributed by atoms with E-state index in [9.17, 15) is 8.78 Å². The van der Waals surface area contributed by atoms with E-state index in [2.05, 4.69) is 15.6 Å². The number of anilines is 1. The molecule has 1 aromatic carbocycles. The van der Waals surface area contributed by atoms with Gasteiger partial charge in [-0.1, -0.05) is 29.8 Å². The van der Waals surface area contributed by atoms with Gasteiger partial charge in [-0.15, -0.1) is 37.2 Å². The van der Waals surface area contributed by atoms with E-state index >= 15 is 0 Å². The largest absolute Gasteiger partial charge is 0.384 e. The number of nitrogens with zero attached hydrogens (tertiary/aromatic N) is 1. The monoisotopic (exact) mass is 532 g/mol.